The van der Waals surface area contributed by atoms with Crippen LogP contribution in [0.4, 0.5) is 0 Å². The number of fused-ring (bicyclic) bond motifs is 1. The molecule has 1 unspecified atom stereocenters. The molecule has 1 heterocycles. The summed E-state index contributed by atoms with van der Waals surface area (Å²) in [5, 5.41) is 0. The summed E-state index contributed by atoms with van der Waals surface area (Å²) in [5.74, 6) is 3.04. The summed E-state index contributed by atoms with van der Waals surface area (Å²) in [6, 6.07) is 15.6. The lowest BCUT2D eigenvalue weighted by molar-refractivity contribution is 0.204. The molecule has 0 amide bonds. The van der Waals surface area contributed by atoms with Gasteiger partial charge in [-0.3, -0.25) is 0 Å². The van der Waals surface area contributed by atoms with E-state index in [1.54, 1.807) is 25.3 Å². The maximum Gasteiger partial charge on any atom is 0.160 e. The van der Waals surface area contributed by atoms with Crippen LogP contribution in [0.5, 0.6) is 11.5 Å². The Morgan fingerprint density at radius 3 is 2.48 bits per heavy atom. The predicted octanol–water partition coefficient (Wildman–Crippen LogP) is 5.78. The molecule has 0 bridgehead atoms. The van der Waals surface area contributed by atoms with E-state index in [2.05, 4.69) is 41.3 Å². The standard InChI is InChI=1S/C26H35NO2/c1-28-25-12-11-23(19-26(25)29-2)20-13-16-27(17-14-20)18-15-22-9-4-3-7-21-8-5-6-10-24(21)22/h5-6,8,10-12,19-20,22H,3-4,7,9,13-18H2,1-2H3. The first-order valence-electron chi connectivity index (χ1n) is 11.3. The maximum absolute atomic E-state index is 5.50. The van der Waals surface area contributed by atoms with Crippen molar-refractivity contribution < 1.29 is 9.47 Å². The van der Waals surface area contributed by atoms with Crippen LogP contribution >= 0.6 is 0 Å². The monoisotopic (exact) mass is 393 g/mol. The van der Waals surface area contributed by atoms with Gasteiger partial charge in [-0.15, -0.1) is 0 Å². The molecule has 156 valence electrons. The largest absolute Gasteiger partial charge is 0.493 e. The van der Waals surface area contributed by atoms with Gasteiger partial charge in [-0.2, -0.15) is 0 Å². The first-order valence-corrected chi connectivity index (χ1v) is 11.3. The van der Waals surface area contributed by atoms with E-state index < -0.39 is 0 Å². The van der Waals surface area contributed by atoms with Crippen molar-refractivity contribution in [3.05, 3.63) is 59.2 Å². The highest BCUT2D eigenvalue weighted by atomic mass is 16.5. The Balaban J connectivity index is 1.32. The Morgan fingerprint density at radius 1 is 0.897 bits per heavy atom. The van der Waals surface area contributed by atoms with Gasteiger partial charge in [-0.1, -0.05) is 36.8 Å². The van der Waals surface area contributed by atoms with Crippen molar-refractivity contribution in [2.75, 3.05) is 33.9 Å². The van der Waals surface area contributed by atoms with Gasteiger partial charge in [0, 0.05) is 0 Å². The van der Waals surface area contributed by atoms with Gasteiger partial charge >= 0.3 is 0 Å². The third-order valence-corrected chi connectivity index (χ3v) is 7.00. The SMILES string of the molecule is COc1ccc(C2CCN(CCC3CCCCc4ccccc43)CC2)cc1OC. The van der Waals surface area contributed by atoms with Gasteiger partial charge in [-0.25, -0.2) is 0 Å². The number of ether oxygens (including phenoxy) is 2. The number of hydrogen-bond donors (Lipinski definition) is 0. The molecular formula is C26H35NO2. The number of piperidine rings is 1. The second-order valence-corrected chi connectivity index (χ2v) is 8.66. The van der Waals surface area contributed by atoms with Gasteiger partial charge in [-0.05, 0) is 98.8 Å². The number of rotatable bonds is 6. The topological polar surface area (TPSA) is 21.7 Å². The fraction of sp³-hybridized carbons (Fsp3) is 0.538. The van der Waals surface area contributed by atoms with Crippen LogP contribution in [0.2, 0.25) is 0 Å². The lowest BCUT2D eigenvalue weighted by Gasteiger charge is -2.33. The van der Waals surface area contributed by atoms with E-state index in [1.807, 2.05) is 6.07 Å². The summed E-state index contributed by atoms with van der Waals surface area (Å²) in [6.07, 6.45) is 9.12. The minimum atomic E-state index is 0.629. The molecule has 3 heteroatoms. The average molecular weight is 394 g/mol. The fourth-order valence-corrected chi connectivity index (χ4v) is 5.26. The normalized spacial score (nSPS) is 20.7. The molecule has 1 atom stereocenters. The minimum Gasteiger partial charge on any atom is -0.493 e. The van der Waals surface area contributed by atoms with E-state index in [-0.39, 0.29) is 0 Å². The van der Waals surface area contributed by atoms with Crippen LogP contribution in [0.1, 0.15) is 67.1 Å². The third kappa shape index (κ3) is 4.78. The summed E-state index contributed by atoms with van der Waals surface area (Å²) in [5.41, 5.74) is 4.62. The fourth-order valence-electron chi connectivity index (χ4n) is 5.26. The predicted molar refractivity (Wildman–Crippen MR) is 119 cm³/mol. The molecule has 1 fully saturated rings. The van der Waals surface area contributed by atoms with Gasteiger partial charge < -0.3 is 14.4 Å². The van der Waals surface area contributed by atoms with Crippen molar-refractivity contribution in [1.29, 1.82) is 0 Å². The van der Waals surface area contributed by atoms with Crippen LogP contribution in [0.3, 0.4) is 0 Å². The van der Waals surface area contributed by atoms with Crippen LogP contribution in [0.25, 0.3) is 0 Å². The highest BCUT2D eigenvalue weighted by molar-refractivity contribution is 5.44. The number of nitrogens with zero attached hydrogens (tertiary/aromatic N) is 1. The van der Waals surface area contributed by atoms with Gasteiger partial charge in [0.25, 0.3) is 0 Å². The first-order chi connectivity index (χ1) is 14.3. The zero-order chi connectivity index (χ0) is 20.1. The van der Waals surface area contributed by atoms with Gasteiger partial charge in [0.2, 0.25) is 0 Å². The van der Waals surface area contributed by atoms with Gasteiger partial charge in [0.15, 0.2) is 11.5 Å². The summed E-state index contributed by atoms with van der Waals surface area (Å²) in [7, 11) is 3.42. The molecule has 2 aromatic rings. The number of aryl methyl sites for hydroxylation is 1. The second-order valence-electron chi connectivity index (χ2n) is 8.66. The minimum absolute atomic E-state index is 0.629. The summed E-state index contributed by atoms with van der Waals surface area (Å²) >= 11 is 0. The molecule has 0 spiro atoms. The summed E-state index contributed by atoms with van der Waals surface area (Å²) in [6.45, 7) is 3.64. The Bertz CT molecular complexity index is 795. The molecule has 3 nitrogen and oxygen atoms in total. The molecule has 1 aliphatic carbocycles. The Hall–Kier alpha value is -2.00. The highest BCUT2D eigenvalue weighted by Crippen LogP contribution is 2.36. The molecular weight excluding hydrogens is 358 g/mol. The van der Waals surface area contributed by atoms with Crippen molar-refractivity contribution in [2.24, 2.45) is 0 Å². The van der Waals surface area contributed by atoms with Crippen molar-refractivity contribution >= 4 is 0 Å². The van der Waals surface area contributed by atoms with Crippen LogP contribution < -0.4 is 9.47 Å². The average Bonchev–Trinajstić information content (AvgIpc) is 3.00. The zero-order valence-electron chi connectivity index (χ0n) is 18.0. The highest BCUT2D eigenvalue weighted by Gasteiger charge is 2.24. The maximum atomic E-state index is 5.50. The number of benzene rings is 2. The lowest BCUT2D eigenvalue weighted by Crippen LogP contribution is -2.34. The molecule has 2 aromatic carbocycles. The van der Waals surface area contributed by atoms with Crippen molar-refractivity contribution in [3.8, 4) is 11.5 Å². The van der Waals surface area contributed by atoms with Crippen LogP contribution in [-0.4, -0.2) is 38.8 Å². The van der Waals surface area contributed by atoms with Gasteiger partial charge in [0.1, 0.15) is 0 Å². The summed E-state index contributed by atoms with van der Waals surface area (Å²) < 4.78 is 10.9. The van der Waals surface area contributed by atoms with Crippen LogP contribution in [0, 0.1) is 0 Å². The molecule has 0 saturated carbocycles. The summed E-state index contributed by atoms with van der Waals surface area (Å²) in [4.78, 5) is 2.69. The van der Waals surface area contributed by atoms with Crippen LogP contribution in [0.15, 0.2) is 42.5 Å². The number of methoxy groups -OCH3 is 2. The second kappa shape index (κ2) is 9.67. The van der Waals surface area contributed by atoms with Crippen molar-refractivity contribution in [3.63, 3.8) is 0 Å². The van der Waals surface area contributed by atoms with Gasteiger partial charge in [0.05, 0.1) is 14.2 Å². The number of likely N-dealkylation sites (tertiary alicyclic amines) is 1. The lowest BCUT2D eigenvalue weighted by atomic mass is 9.87. The van der Waals surface area contributed by atoms with E-state index in [4.69, 9.17) is 9.47 Å². The van der Waals surface area contributed by atoms with E-state index in [0.717, 1.165) is 17.4 Å². The molecule has 1 aliphatic heterocycles. The smallest absolute Gasteiger partial charge is 0.160 e. The molecule has 0 aromatic heterocycles. The van der Waals surface area contributed by atoms with E-state index in [9.17, 15) is 0 Å². The van der Waals surface area contributed by atoms with Crippen molar-refractivity contribution in [2.45, 2.75) is 56.8 Å². The van der Waals surface area contributed by atoms with E-state index >= 15 is 0 Å². The molecule has 0 N–H and O–H groups in total. The van der Waals surface area contributed by atoms with E-state index in [0.29, 0.717) is 5.92 Å². The number of hydrogen-bond acceptors (Lipinski definition) is 3. The van der Waals surface area contributed by atoms with Crippen LogP contribution in [-0.2, 0) is 6.42 Å². The Morgan fingerprint density at radius 2 is 1.69 bits per heavy atom. The Labute approximate surface area is 176 Å². The molecule has 29 heavy (non-hydrogen) atoms. The first kappa shape index (κ1) is 20.3. The van der Waals surface area contributed by atoms with Crippen molar-refractivity contribution in [1.82, 2.24) is 4.90 Å². The molecule has 0 radical (unpaired) electrons. The molecule has 2 aliphatic rings. The van der Waals surface area contributed by atoms with E-state index in [1.165, 1.54) is 70.1 Å². The Kier molecular flexibility index (Phi) is 6.76. The zero-order valence-corrected chi connectivity index (χ0v) is 18.0. The third-order valence-electron chi connectivity index (χ3n) is 7.00. The quantitative estimate of drug-likeness (QED) is 0.580. The molecule has 4 rings (SSSR count). The molecule has 1 saturated heterocycles.